The predicted octanol–water partition coefficient (Wildman–Crippen LogP) is 6.67. The van der Waals surface area contributed by atoms with Crippen molar-refractivity contribution in [1.29, 1.82) is 0 Å². The molecular weight excluding hydrogens is 540 g/mol. The van der Waals surface area contributed by atoms with Crippen molar-refractivity contribution in [2.45, 2.75) is 57.3 Å². The maximum Gasteiger partial charge on any atom is 0.193 e. The molecule has 0 saturated carbocycles. The summed E-state index contributed by atoms with van der Waals surface area (Å²) in [5, 5.41) is 0. The molecule has 222 valence electrons. The van der Waals surface area contributed by atoms with Crippen molar-refractivity contribution < 1.29 is 28.5 Å². The fourth-order valence-electron chi connectivity index (χ4n) is 4.57. The highest BCUT2D eigenvalue weighted by Gasteiger charge is 2.40. The molecule has 4 aromatic rings. The van der Waals surface area contributed by atoms with Crippen LogP contribution < -0.4 is 0 Å². The number of carbonyl (C=O) groups is 2. The van der Waals surface area contributed by atoms with Crippen molar-refractivity contribution in [3.8, 4) is 0 Å². The maximum atomic E-state index is 14.3. The standard InChI is InChI=1S/C37H38O6/c1-2-15-33(40-25-29-16-7-3-8-17-29)35(39)37(43-28-32-22-13-6-14-23-32)36(42-27-31-20-11-5-12-21-31)34(24-38)41-26-30-18-9-4-10-19-30/h2-14,16-24,33-34,36-37H,1,15,25-28H2/t33-,34-,36+,37+/m0/s1. The Hall–Kier alpha value is -4.20. The van der Waals surface area contributed by atoms with Gasteiger partial charge in [-0.05, 0) is 28.7 Å². The van der Waals surface area contributed by atoms with Gasteiger partial charge in [-0.15, -0.1) is 6.58 Å². The lowest BCUT2D eigenvalue weighted by molar-refractivity contribution is -0.175. The van der Waals surface area contributed by atoms with Crippen LogP contribution in [0, 0.1) is 0 Å². The number of rotatable bonds is 19. The Kier molecular flexibility index (Phi) is 13.1. The van der Waals surface area contributed by atoms with Crippen LogP contribution in [0.3, 0.4) is 0 Å². The van der Waals surface area contributed by atoms with Gasteiger partial charge < -0.3 is 23.7 Å². The third-order valence-electron chi connectivity index (χ3n) is 6.87. The van der Waals surface area contributed by atoms with E-state index < -0.39 is 24.4 Å². The van der Waals surface area contributed by atoms with Gasteiger partial charge in [-0.1, -0.05) is 127 Å². The van der Waals surface area contributed by atoms with Crippen LogP contribution in [0.2, 0.25) is 0 Å². The number of aldehydes is 1. The number of ether oxygens (including phenoxy) is 4. The predicted molar refractivity (Wildman–Crippen MR) is 166 cm³/mol. The lowest BCUT2D eigenvalue weighted by Gasteiger charge is -2.32. The zero-order chi connectivity index (χ0) is 30.1. The second-order valence-corrected chi connectivity index (χ2v) is 10.1. The lowest BCUT2D eigenvalue weighted by atomic mass is 9.98. The molecule has 0 radical (unpaired) electrons. The average molecular weight is 579 g/mol. The van der Waals surface area contributed by atoms with Crippen molar-refractivity contribution in [2.75, 3.05) is 0 Å². The highest BCUT2D eigenvalue weighted by atomic mass is 16.6. The van der Waals surface area contributed by atoms with Crippen LogP contribution in [0.25, 0.3) is 0 Å². The molecule has 0 aromatic heterocycles. The van der Waals surface area contributed by atoms with E-state index in [1.807, 2.05) is 121 Å². The molecule has 0 saturated heterocycles. The van der Waals surface area contributed by atoms with Crippen LogP contribution in [0.4, 0.5) is 0 Å². The van der Waals surface area contributed by atoms with Crippen molar-refractivity contribution in [2.24, 2.45) is 0 Å². The van der Waals surface area contributed by atoms with Crippen LogP contribution in [0.15, 0.2) is 134 Å². The minimum atomic E-state index is -1.17. The van der Waals surface area contributed by atoms with E-state index >= 15 is 0 Å². The first kappa shape index (κ1) is 31.7. The van der Waals surface area contributed by atoms with Gasteiger partial charge in [0, 0.05) is 0 Å². The molecule has 43 heavy (non-hydrogen) atoms. The normalized spacial score (nSPS) is 13.9. The van der Waals surface area contributed by atoms with Gasteiger partial charge in [0.15, 0.2) is 12.1 Å². The quantitative estimate of drug-likeness (QED) is 0.0914. The monoisotopic (exact) mass is 578 g/mol. The van der Waals surface area contributed by atoms with Crippen LogP contribution in [0.5, 0.6) is 0 Å². The van der Waals surface area contributed by atoms with E-state index in [-0.39, 0.29) is 38.6 Å². The minimum absolute atomic E-state index is 0.131. The fourth-order valence-corrected chi connectivity index (χ4v) is 4.57. The van der Waals surface area contributed by atoms with E-state index in [2.05, 4.69) is 6.58 Å². The first-order valence-electron chi connectivity index (χ1n) is 14.4. The zero-order valence-corrected chi connectivity index (χ0v) is 24.2. The molecule has 0 unspecified atom stereocenters. The molecule has 4 atom stereocenters. The molecule has 0 spiro atoms. The van der Waals surface area contributed by atoms with E-state index in [0.29, 0.717) is 6.29 Å². The Morgan fingerprint density at radius 3 is 1.40 bits per heavy atom. The fraction of sp³-hybridized carbons (Fsp3) is 0.243. The number of benzene rings is 4. The molecule has 0 heterocycles. The summed E-state index contributed by atoms with van der Waals surface area (Å²) in [4.78, 5) is 26.8. The zero-order valence-electron chi connectivity index (χ0n) is 24.2. The lowest BCUT2D eigenvalue weighted by Crippen LogP contribution is -2.50. The van der Waals surface area contributed by atoms with Gasteiger partial charge in [-0.2, -0.15) is 0 Å². The van der Waals surface area contributed by atoms with Crippen molar-refractivity contribution >= 4 is 12.1 Å². The smallest absolute Gasteiger partial charge is 0.193 e. The van der Waals surface area contributed by atoms with Crippen LogP contribution in [-0.4, -0.2) is 36.5 Å². The topological polar surface area (TPSA) is 71.1 Å². The van der Waals surface area contributed by atoms with Crippen LogP contribution >= 0.6 is 0 Å². The molecule has 0 aliphatic rings. The van der Waals surface area contributed by atoms with Gasteiger partial charge in [-0.3, -0.25) is 4.79 Å². The first-order valence-corrected chi connectivity index (χ1v) is 14.4. The molecule has 0 amide bonds. The molecule has 4 aromatic carbocycles. The maximum absolute atomic E-state index is 14.3. The van der Waals surface area contributed by atoms with E-state index in [0.717, 1.165) is 22.3 Å². The van der Waals surface area contributed by atoms with E-state index in [4.69, 9.17) is 18.9 Å². The Bertz CT molecular complexity index is 1360. The summed E-state index contributed by atoms with van der Waals surface area (Å²) in [5.74, 6) is -0.347. The Morgan fingerprint density at radius 2 is 0.977 bits per heavy atom. The third-order valence-corrected chi connectivity index (χ3v) is 6.87. The highest BCUT2D eigenvalue weighted by molar-refractivity contribution is 5.88. The third kappa shape index (κ3) is 10.2. The van der Waals surface area contributed by atoms with Gasteiger partial charge in [0.1, 0.15) is 24.4 Å². The molecule has 0 bridgehead atoms. The highest BCUT2D eigenvalue weighted by Crippen LogP contribution is 2.22. The number of ketones is 1. The second-order valence-electron chi connectivity index (χ2n) is 10.1. The molecule has 0 N–H and O–H groups in total. The van der Waals surface area contributed by atoms with E-state index in [1.165, 1.54) is 0 Å². The summed E-state index contributed by atoms with van der Waals surface area (Å²) >= 11 is 0. The Labute approximate surface area is 253 Å². The van der Waals surface area contributed by atoms with Gasteiger partial charge in [0.2, 0.25) is 0 Å². The summed E-state index contributed by atoms with van der Waals surface area (Å²) in [5.41, 5.74) is 3.58. The SMILES string of the molecule is C=CC[C@H](OCc1ccccc1)C(=O)[C@@H](OCc1ccccc1)[C@H](OCc1ccccc1)[C@H](C=O)OCc1ccccc1. The Balaban J connectivity index is 1.63. The number of hydrogen-bond acceptors (Lipinski definition) is 6. The summed E-state index contributed by atoms with van der Waals surface area (Å²) < 4.78 is 24.9. The van der Waals surface area contributed by atoms with Gasteiger partial charge in [0.25, 0.3) is 0 Å². The summed E-state index contributed by atoms with van der Waals surface area (Å²) in [7, 11) is 0. The van der Waals surface area contributed by atoms with Gasteiger partial charge in [-0.25, -0.2) is 0 Å². The summed E-state index contributed by atoms with van der Waals surface area (Å²) in [6.07, 6.45) is -1.60. The number of hydrogen-bond donors (Lipinski definition) is 0. The van der Waals surface area contributed by atoms with Crippen LogP contribution in [0.1, 0.15) is 28.7 Å². The van der Waals surface area contributed by atoms with Gasteiger partial charge >= 0.3 is 0 Å². The van der Waals surface area contributed by atoms with Gasteiger partial charge in [0.05, 0.1) is 26.4 Å². The van der Waals surface area contributed by atoms with Crippen LogP contribution in [-0.2, 0) is 55.0 Å². The van der Waals surface area contributed by atoms with Crippen molar-refractivity contribution in [3.63, 3.8) is 0 Å². The molecule has 4 rings (SSSR count). The van der Waals surface area contributed by atoms with E-state index in [1.54, 1.807) is 6.08 Å². The summed E-state index contributed by atoms with van der Waals surface area (Å²) in [6.45, 7) is 4.52. The van der Waals surface area contributed by atoms with Crippen molar-refractivity contribution in [1.82, 2.24) is 0 Å². The molecule has 6 heteroatoms. The molecular formula is C37H38O6. The minimum Gasteiger partial charge on any atom is -0.367 e. The molecule has 0 aliphatic heterocycles. The molecule has 6 nitrogen and oxygen atoms in total. The average Bonchev–Trinajstić information content (AvgIpc) is 3.07. The largest absolute Gasteiger partial charge is 0.367 e. The Morgan fingerprint density at radius 1 is 0.581 bits per heavy atom. The van der Waals surface area contributed by atoms with E-state index in [9.17, 15) is 9.59 Å². The summed E-state index contributed by atoms with van der Waals surface area (Å²) in [6, 6.07) is 38.3. The number of Topliss-reactive ketones (excluding diaryl/α,β-unsaturated/α-hetero) is 1. The number of carbonyl (C=O) groups excluding carboxylic acids is 2. The molecule has 0 aliphatic carbocycles. The second kappa shape index (κ2) is 17.7. The van der Waals surface area contributed by atoms with Crippen molar-refractivity contribution in [3.05, 3.63) is 156 Å². The first-order chi connectivity index (χ1) is 21.2. The molecule has 0 fully saturated rings.